The highest BCUT2D eigenvalue weighted by atomic mass is 35.5. The number of nitrogens with two attached hydrogens (primary N) is 1. The minimum Gasteiger partial charge on any atom is -0.409 e. The fourth-order valence-electron chi connectivity index (χ4n) is 1.09. The zero-order chi connectivity index (χ0) is 11.3. The molecule has 5 heteroatoms. The van der Waals surface area contributed by atoms with Crippen LogP contribution in [0.1, 0.15) is 18.1 Å². The van der Waals surface area contributed by atoms with Crippen molar-refractivity contribution in [1.29, 1.82) is 0 Å². The van der Waals surface area contributed by atoms with E-state index in [1.165, 1.54) is 0 Å². The number of rotatable bonds is 4. The smallest absolute Gasteiger partial charge is 0.170 e. The lowest BCUT2D eigenvalue weighted by molar-refractivity contribution is 0.134. The molecule has 0 amide bonds. The van der Waals surface area contributed by atoms with Crippen molar-refractivity contribution in [1.82, 2.24) is 0 Å². The number of amidine groups is 1. The van der Waals surface area contributed by atoms with Crippen molar-refractivity contribution in [2.75, 3.05) is 6.61 Å². The first-order valence-corrected chi connectivity index (χ1v) is 4.91. The lowest BCUT2D eigenvalue weighted by Crippen LogP contribution is -2.13. The average Bonchev–Trinajstić information content (AvgIpc) is 2.26. The van der Waals surface area contributed by atoms with Crippen LogP contribution < -0.4 is 5.73 Å². The van der Waals surface area contributed by atoms with Gasteiger partial charge in [0, 0.05) is 17.2 Å². The van der Waals surface area contributed by atoms with Crippen LogP contribution >= 0.6 is 11.6 Å². The quantitative estimate of drug-likeness (QED) is 0.358. The molecule has 0 radical (unpaired) electrons. The number of hydrogen-bond donors (Lipinski definition) is 2. The Balaban J connectivity index is 2.88. The van der Waals surface area contributed by atoms with Crippen molar-refractivity contribution >= 4 is 17.4 Å². The zero-order valence-electron chi connectivity index (χ0n) is 8.40. The molecule has 0 atom stereocenters. The molecule has 1 aromatic carbocycles. The highest BCUT2D eigenvalue weighted by molar-refractivity contribution is 6.31. The Labute approximate surface area is 93.3 Å². The number of hydrogen-bond acceptors (Lipinski definition) is 3. The fourth-order valence-corrected chi connectivity index (χ4v) is 1.33. The summed E-state index contributed by atoms with van der Waals surface area (Å²) in [5, 5.41) is 11.9. The van der Waals surface area contributed by atoms with Gasteiger partial charge in [-0.1, -0.05) is 28.9 Å². The molecular formula is C10H13ClN2O2. The normalized spacial score (nSPS) is 11.7. The van der Waals surface area contributed by atoms with Gasteiger partial charge in [-0.15, -0.1) is 0 Å². The molecule has 82 valence electrons. The van der Waals surface area contributed by atoms with Gasteiger partial charge >= 0.3 is 0 Å². The second-order valence-electron chi connectivity index (χ2n) is 2.93. The summed E-state index contributed by atoms with van der Waals surface area (Å²) >= 11 is 5.99. The van der Waals surface area contributed by atoms with Crippen LogP contribution in [0.5, 0.6) is 0 Å². The predicted octanol–water partition coefficient (Wildman–Crippen LogP) is 1.97. The standard InChI is InChI=1S/C10H13ClN2O2/c1-2-15-6-8-4-3-7(5-9(8)11)10(12)13-14/h3-5,14H,2,6H2,1H3,(H2,12,13). The Hall–Kier alpha value is -1.26. The van der Waals surface area contributed by atoms with Crippen LogP contribution in [0.25, 0.3) is 0 Å². The molecular weight excluding hydrogens is 216 g/mol. The molecule has 0 fully saturated rings. The van der Waals surface area contributed by atoms with E-state index >= 15 is 0 Å². The fraction of sp³-hybridized carbons (Fsp3) is 0.300. The minimum atomic E-state index is 0.0415. The van der Waals surface area contributed by atoms with Gasteiger partial charge in [-0.3, -0.25) is 0 Å². The molecule has 1 rings (SSSR count). The van der Waals surface area contributed by atoms with Crippen molar-refractivity contribution in [3.05, 3.63) is 34.3 Å². The van der Waals surface area contributed by atoms with Gasteiger partial charge in [0.2, 0.25) is 0 Å². The minimum absolute atomic E-state index is 0.0415. The maximum Gasteiger partial charge on any atom is 0.170 e. The first-order valence-electron chi connectivity index (χ1n) is 4.53. The third-order valence-electron chi connectivity index (χ3n) is 1.92. The van der Waals surface area contributed by atoms with Crippen LogP contribution in [0, 0.1) is 0 Å². The summed E-state index contributed by atoms with van der Waals surface area (Å²) in [6.07, 6.45) is 0. The van der Waals surface area contributed by atoms with E-state index in [4.69, 9.17) is 27.3 Å². The van der Waals surface area contributed by atoms with Gasteiger partial charge in [0.25, 0.3) is 0 Å². The van der Waals surface area contributed by atoms with Crippen molar-refractivity contribution in [2.24, 2.45) is 10.9 Å². The molecule has 1 aromatic rings. The Morgan fingerprint density at radius 3 is 2.87 bits per heavy atom. The van der Waals surface area contributed by atoms with Crippen molar-refractivity contribution < 1.29 is 9.94 Å². The van der Waals surface area contributed by atoms with Crippen LogP contribution in [0.15, 0.2) is 23.4 Å². The largest absolute Gasteiger partial charge is 0.409 e. The summed E-state index contributed by atoms with van der Waals surface area (Å²) in [5.74, 6) is 0.0415. The van der Waals surface area contributed by atoms with Crippen molar-refractivity contribution in [3.63, 3.8) is 0 Å². The van der Waals surface area contributed by atoms with E-state index in [-0.39, 0.29) is 5.84 Å². The van der Waals surface area contributed by atoms with Crippen molar-refractivity contribution in [2.45, 2.75) is 13.5 Å². The summed E-state index contributed by atoms with van der Waals surface area (Å²) in [7, 11) is 0. The second kappa shape index (κ2) is 5.58. The molecule has 0 spiro atoms. The first-order chi connectivity index (χ1) is 7.19. The van der Waals surface area contributed by atoms with Gasteiger partial charge < -0.3 is 15.7 Å². The van der Waals surface area contributed by atoms with Gasteiger partial charge in [-0.2, -0.15) is 0 Å². The van der Waals surface area contributed by atoms with E-state index in [0.717, 1.165) is 5.56 Å². The average molecular weight is 229 g/mol. The van der Waals surface area contributed by atoms with Gasteiger partial charge in [-0.05, 0) is 18.6 Å². The number of oxime groups is 1. The molecule has 0 bridgehead atoms. The second-order valence-corrected chi connectivity index (χ2v) is 3.34. The van der Waals surface area contributed by atoms with E-state index in [2.05, 4.69) is 5.16 Å². The Morgan fingerprint density at radius 1 is 1.60 bits per heavy atom. The maximum atomic E-state index is 8.49. The Bertz CT molecular complexity index is 366. The van der Waals surface area contributed by atoms with E-state index in [9.17, 15) is 0 Å². The third-order valence-corrected chi connectivity index (χ3v) is 2.27. The molecule has 3 N–H and O–H groups in total. The third kappa shape index (κ3) is 3.11. The van der Waals surface area contributed by atoms with Gasteiger partial charge in [-0.25, -0.2) is 0 Å². The lowest BCUT2D eigenvalue weighted by Gasteiger charge is -2.06. The van der Waals surface area contributed by atoms with Gasteiger partial charge in [0.15, 0.2) is 5.84 Å². The molecule has 0 aliphatic rings. The topological polar surface area (TPSA) is 67.8 Å². The Morgan fingerprint density at radius 2 is 2.33 bits per heavy atom. The lowest BCUT2D eigenvalue weighted by atomic mass is 10.1. The summed E-state index contributed by atoms with van der Waals surface area (Å²) in [4.78, 5) is 0. The summed E-state index contributed by atoms with van der Waals surface area (Å²) in [6, 6.07) is 5.17. The zero-order valence-corrected chi connectivity index (χ0v) is 9.16. The highest BCUT2D eigenvalue weighted by Crippen LogP contribution is 2.18. The molecule has 0 unspecified atom stereocenters. The van der Waals surface area contributed by atoms with Crippen LogP contribution in [0.4, 0.5) is 0 Å². The maximum absolute atomic E-state index is 8.49. The van der Waals surface area contributed by atoms with Crippen LogP contribution in [-0.2, 0) is 11.3 Å². The summed E-state index contributed by atoms with van der Waals surface area (Å²) < 4.78 is 5.23. The molecule has 0 aromatic heterocycles. The Kier molecular flexibility index (Phi) is 4.39. The first kappa shape index (κ1) is 11.8. The van der Waals surface area contributed by atoms with Gasteiger partial charge in [0.05, 0.1) is 6.61 Å². The number of benzene rings is 1. The molecule has 0 aliphatic carbocycles. The van der Waals surface area contributed by atoms with Gasteiger partial charge in [0.1, 0.15) is 0 Å². The SMILES string of the molecule is CCOCc1ccc(/C(N)=N/O)cc1Cl. The van der Waals surface area contributed by atoms with E-state index < -0.39 is 0 Å². The van der Waals surface area contributed by atoms with E-state index in [0.29, 0.717) is 23.8 Å². The summed E-state index contributed by atoms with van der Waals surface area (Å²) in [5.41, 5.74) is 6.89. The van der Waals surface area contributed by atoms with Crippen LogP contribution in [0.3, 0.4) is 0 Å². The highest BCUT2D eigenvalue weighted by Gasteiger charge is 2.04. The molecule has 15 heavy (non-hydrogen) atoms. The van der Waals surface area contributed by atoms with E-state index in [1.54, 1.807) is 18.2 Å². The number of halogens is 1. The van der Waals surface area contributed by atoms with Crippen LogP contribution in [-0.4, -0.2) is 17.6 Å². The molecule has 0 heterocycles. The molecule has 0 aliphatic heterocycles. The monoisotopic (exact) mass is 228 g/mol. The predicted molar refractivity (Wildman–Crippen MR) is 59.3 cm³/mol. The molecule has 0 saturated heterocycles. The van der Waals surface area contributed by atoms with Crippen LogP contribution in [0.2, 0.25) is 5.02 Å². The number of ether oxygens (including phenoxy) is 1. The molecule has 0 saturated carbocycles. The molecule has 4 nitrogen and oxygen atoms in total. The number of nitrogens with zero attached hydrogens (tertiary/aromatic N) is 1. The summed E-state index contributed by atoms with van der Waals surface area (Å²) in [6.45, 7) is 3.02. The van der Waals surface area contributed by atoms with Crippen molar-refractivity contribution in [3.8, 4) is 0 Å². The van der Waals surface area contributed by atoms with E-state index in [1.807, 2.05) is 6.92 Å².